The quantitative estimate of drug-likeness (QED) is 0.418. The van der Waals surface area contributed by atoms with Crippen LogP contribution in [0, 0.1) is 35.5 Å². The summed E-state index contributed by atoms with van der Waals surface area (Å²) >= 11 is 0. The molecule has 36 heavy (non-hydrogen) atoms. The summed E-state index contributed by atoms with van der Waals surface area (Å²) in [6, 6.07) is -0.714. The summed E-state index contributed by atoms with van der Waals surface area (Å²) in [6.45, 7) is 4.92. The number of ketones is 1. The molecule has 7 nitrogen and oxygen atoms in total. The van der Waals surface area contributed by atoms with Gasteiger partial charge in [-0.25, -0.2) is 0 Å². The molecule has 2 aliphatic heterocycles. The zero-order chi connectivity index (χ0) is 25.8. The number of aliphatic hydroxyl groups excluding tert-OH is 2. The van der Waals surface area contributed by atoms with Crippen molar-refractivity contribution in [2.24, 2.45) is 35.5 Å². The van der Waals surface area contributed by atoms with Gasteiger partial charge in [-0.15, -0.1) is 0 Å². The minimum atomic E-state index is -0.714. The fourth-order valence-electron chi connectivity index (χ4n) is 6.93. The summed E-state index contributed by atoms with van der Waals surface area (Å²) in [6.07, 6.45) is 17.1. The number of nitrogens with one attached hydrogen (secondary N) is 2. The fraction of sp³-hybridized carbons (Fsp3) is 0.552. The van der Waals surface area contributed by atoms with E-state index >= 15 is 0 Å². The van der Waals surface area contributed by atoms with Gasteiger partial charge in [0.25, 0.3) is 5.91 Å². The zero-order valence-corrected chi connectivity index (χ0v) is 21.1. The van der Waals surface area contributed by atoms with E-state index in [4.69, 9.17) is 0 Å². The van der Waals surface area contributed by atoms with E-state index < -0.39 is 23.8 Å². The molecule has 8 atom stereocenters. The fourth-order valence-corrected chi connectivity index (χ4v) is 6.93. The Morgan fingerprint density at radius 3 is 2.53 bits per heavy atom. The molecule has 1 saturated heterocycles. The van der Waals surface area contributed by atoms with Gasteiger partial charge < -0.3 is 20.8 Å². The summed E-state index contributed by atoms with van der Waals surface area (Å²) in [7, 11) is 0. The minimum Gasteiger partial charge on any atom is -0.507 e. The van der Waals surface area contributed by atoms with E-state index in [1.807, 2.05) is 6.08 Å². The van der Waals surface area contributed by atoms with Crippen molar-refractivity contribution in [3.05, 3.63) is 59.9 Å². The zero-order valence-electron chi connectivity index (χ0n) is 21.1. The first-order valence-electron chi connectivity index (χ1n) is 13.3. The maximum Gasteiger partial charge on any atom is 0.259 e. The normalized spacial score (nSPS) is 41.1. The topological polar surface area (TPSA) is 116 Å². The highest BCUT2D eigenvalue weighted by atomic mass is 16.3. The average molecular weight is 495 g/mol. The van der Waals surface area contributed by atoms with Crippen molar-refractivity contribution in [1.82, 2.24) is 10.6 Å². The lowest BCUT2D eigenvalue weighted by Crippen LogP contribution is -2.31. The number of fused-ring (bicyclic) bond motifs is 5. The molecule has 2 heterocycles. The molecule has 7 heteroatoms. The second kappa shape index (κ2) is 11.4. The smallest absolute Gasteiger partial charge is 0.259 e. The van der Waals surface area contributed by atoms with Crippen LogP contribution in [0.4, 0.5) is 0 Å². The molecule has 3 fully saturated rings. The van der Waals surface area contributed by atoms with Crippen LogP contribution in [-0.4, -0.2) is 46.5 Å². The monoisotopic (exact) mass is 494 g/mol. The Balaban J connectivity index is 1.60. The number of carbonyl (C=O) groups excluding carboxylic acids is 3. The van der Waals surface area contributed by atoms with E-state index in [2.05, 4.69) is 30.6 Å². The number of hydrogen-bond acceptors (Lipinski definition) is 5. The molecule has 0 aromatic rings. The maximum atomic E-state index is 12.6. The first-order valence-corrected chi connectivity index (χ1v) is 13.3. The molecule has 0 radical (unpaired) electrons. The molecule has 0 spiro atoms. The van der Waals surface area contributed by atoms with E-state index in [-0.39, 0.29) is 29.1 Å². The molecule has 2 aliphatic carbocycles. The largest absolute Gasteiger partial charge is 0.507 e. The van der Waals surface area contributed by atoms with Crippen LogP contribution < -0.4 is 10.6 Å². The van der Waals surface area contributed by atoms with E-state index in [1.165, 1.54) is 18.6 Å². The van der Waals surface area contributed by atoms with Crippen LogP contribution in [0.3, 0.4) is 0 Å². The molecule has 4 unspecified atom stereocenters. The standard InChI is InChI=1S/C29H38N2O5/c1-3-18-15-20-16-19-9-4-7-13-24(34)30-14-8-10-21-28(35)27(29(36)31-21)23(33)12-6-5-11-22(32)26(19)25(20)17(18)2/h4-7,9,11-13,17-22,25-26,32-33H,3,8,10,14-16H2,1-2H3,(H,30,34)(H,31,36)/b9-4+,11-5+,12-6-,13-7+,27-23?/t17-,18?,19+,20?,21?,22-,25?,26+/m0/s1. The van der Waals surface area contributed by atoms with Crippen molar-refractivity contribution in [2.75, 3.05) is 6.54 Å². The van der Waals surface area contributed by atoms with E-state index in [0.29, 0.717) is 43.1 Å². The molecule has 4 N–H and O–H groups in total. The van der Waals surface area contributed by atoms with Gasteiger partial charge in [0, 0.05) is 12.6 Å². The highest BCUT2D eigenvalue weighted by molar-refractivity contribution is 6.27. The van der Waals surface area contributed by atoms with Crippen LogP contribution in [0.1, 0.15) is 46.0 Å². The van der Waals surface area contributed by atoms with Gasteiger partial charge in [0.1, 0.15) is 11.3 Å². The van der Waals surface area contributed by atoms with Crippen molar-refractivity contribution < 1.29 is 24.6 Å². The predicted octanol–water partition coefficient (Wildman–Crippen LogP) is 3.30. The van der Waals surface area contributed by atoms with E-state index in [9.17, 15) is 24.6 Å². The minimum absolute atomic E-state index is 0.0603. The lowest BCUT2D eigenvalue weighted by Gasteiger charge is -2.30. The Bertz CT molecular complexity index is 1020. The molecule has 4 aliphatic rings. The molecule has 194 valence electrons. The Morgan fingerprint density at radius 2 is 1.75 bits per heavy atom. The van der Waals surface area contributed by atoms with Crippen molar-refractivity contribution in [1.29, 1.82) is 0 Å². The molecular weight excluding hydrogens is 456 g/mol. The van der Waals surface area contributed by atoms with Crippen LogP contribution in [0.2, 0.25) is 0 Å². The Morgan fingerprint density at radius 1 is 1.00 bits per heavy atom. The first kappa shape index (κ1) is 26.1. The van der Waals surface area contributed by atoms with Crippen molar-refractivity contribution in [3.63, 3.8) is 0 Å². The number of carbonyl (C=O) groups is 3. The van der Waals surface area contributed by atoms with Gasteiger partial charge in [-0.3, -0.25) is 14.4 Å². The number of Topliss-reactive ketones (excluding diaryl/α,β-unsaturated/α-hetero) is 1. The number of aliphatic hydroxyl groups is 2. The second-order valence-corrected chi connectivity index (χ2v) is 10.6. The lowest BCUT2D eigenvalue weighted by molar-refractivity contribution is -0.118. The van der Waals surface area contributed by atoms with Gasteiger partial charge in [-0.05, 0) is 67.3 Å². The van der Waals surface area contributed by atoms with Crippen LogP contribution in [0.15, 0.2) is 59.9 Å². The lowest BCUT2D eigenvalue weighted by atomic mass is 9.76. The Hall–Kier alpha value is -2.93. The molecular formula is C29H38N2O5. The Kier molecular flexibility index (Phi) is 8.29. The van der Waals surface area contributed by atoms with Crippen molar-refractivity contribution >= 4 is 17.6 Å². The summed E-state index contributed by atoms with van der Waals surface area (Å²) in [5.74, 6) is 0.815. The van der Waals surface area contributed by atoms with Crippen molar-refractivity contribution in [2.45, 2.75) is 58.1 Å². The number of allylic oxidation sites excluding steroid dienone is 6. The number of rotatable bonds is 1. The van der Waals surface area contributed by atoms with Crippen LogP contribution >= 0.6 is 0 Å². The van der Waals surface area contributed by atoms with Gasteiger partial charge in [0.15, 0.2) is 5.78 Å². The van der Waals surface area contributed by atoms with Gasteiger partial charge in [0.05, 0.1) is 12.1 Å². The third-order valence-corrected chi connectivity index (χ3v) is 8.64. The van der Waals surface area contributed by atoms with Crippen LogP contribution in [-0.2, 0) is 14.4 Å². The molecule has 2 amide bonds. The van der Waals surface area contributed by atoms with Gasteiger partial charge >= 0.3 is 0 Å². The van der Waals surface area contributed by atoms with E-state index in [1.54, 1.807) is 24.3 Å². The summed E-state index contributed by atoms with van der Waals surface area (Å²) in [4.78, 5) is 37.1. The third-order valence-electron chi connectivity index (χ3n) is 8.64. The summed E-state index contributed by atoms with van der Waals surface area (Å²) in [5.41, 5.74) is -0.249. The maximum absolute atomic E-state index is 12.6. The predicted molar refractivity (Wildman–Crippen MR) is 138 cm³/mol. The highest BCUT2D eigenvalue weighted by Crippen LogP contribution is 2.57. The average Bonchev–Trinajstić information content (AvgIpc) is 3.45. The molecule has 0 aromatic heterocycles. The summed E-state index contributed by atoms with van der Waals surface area (Å²) < 4.78 is 0. The highest BCUT2D eigenvalue weighted by Gasteiger charge is 2.52. The summed E-state index contributed by atoms with van der Waals surface area (Å²) in [5, 5.41) is 27.0. The molecule has 2 saturated carbocycles. The van der Waals surface area contributed by atoms with Gasteiger partial charge in [0.2, 0.25) is 5.91 Å². The van der Waals surface area contributed by atoms with Crippen LogP contribution in [0.5, 0.6) is 0 Å². The number of amides is 2. The first-order chi connectivity index (χ1) is 17.3. The molecule has 2 bridgehead atoms. The van der Waals surface area contributed by atoms with Gasteiger partial charge in [-0.1, -0.05) is 56.7 Å². The van der Waals surface area contributed by atoms with Crippen LogP contribution in [0.25, 0.3) is 0 Å². The Labute approximate surface area is 213 Å². The van der Waals surface area contributed by atoms with E-state index in [0.717, 1.165) is 12.8 Å². The van der Waals surface area contributed by atoms with Crippen molar-refractivity contribution in [3.8, 4) is 0 Å². The second-order valence-electron chi connectivity index (χ2n) is 10.6. The SMILES string of the molecule is CCC1CC2C[C@H]3/C=C/C=C/C(=O)NCCCC4NC(=O)C(=C(O)/C=C\C=C\[C@H](O)[C@@H]3C2[C@H]1C)C4=O. The third kappa shape index (κ3) is 5.41. The molecule has 0 aromatic carbocycles. The number of hydrogen-bond donors (Lipinski definition) is 4. The van der Waals surface area contributed by atoms with Gasteiger partial charge in [-0.2, -0.15) is 0 Å². The molecule has 4 rings (SSSR count).